The molecule has 2 heterocycles. The predicted molar refractivity (Wildman–Crippen MR) is 74.0 cm³/mol. The van der Waals surface area contributed by atoms with Crippen LogP contribution in [-0.2, 0) is 6.54 Å². The Labute approximate surface area is 118 Å². The van der Waals surface area contributed by atoms with Gasteiger partial charge in [-0.2, -0.15) is 0 Å². The number of urea groups is 1. The molecule has 2 amide bonds. The van der Waals surface area contributed by atoms with Crippen molar-refractivity contribution in [1.82, 2.24) is 10.2 Å². The second-order valence-electron chi connectivity index (χ2n) is 5.98. The number of carbonyl (C=O) groups is 1. The molecule has 2 aliphatic rings. The molecule has 2 N–H and O–H groups in total. The summed E-state index contributed by atoms with van der Waals surface area (Å²) in [5, 5.41) is 13.5. The molecule has 0 aromatic carbocycles. The Morgan fingerprint density at radius 2 is 2.40 bits per heavy atom. The zero-order valence-corrected chi connectivity index (χ0v) is 11.7. The maximum absolute atomic E-state index is 12.2. The van der Waals surface area contributed by atoms with Crippen LogP contribution in [0.15, 0.2) is 22.8 Å². The van der Waals surface area contributed by atoms with Gasteiger partial charge in [-0.1, -0.05) is 12.8 Å². The number of fused-ring (bicyclic) bond motifs is 1. The van der Waals surface area contributed by atoms with Crippen LogP contribution >= 0.6 is 0 Å². The number of rotatable bonds is 2. The van der Waals surface area contributed by atoms with Crippen LogP contribution in [0.5, 0.6) is 0 Å². The van der Waals surface area contributed by atoms with Crippen molar-refractivity contribution in [3.05, 3.63) is 24.2 Å². The molecular weight excluding hydrogens is 256 g/mol. The second kappa shape index (κ2) is 5.48. The van der Waals surface area contributed by atoms with Crippen molar-refractivity contribution < 1.29 is 14.3 Å². The highest BCUT2D eigenvalue weighted by Gasteiger charge is 2.43. The Kier molecular flexibility index (Phi) is 3.70. The fraction of sp³-hybridized carbons (Fsp3) is 0.667. The van der Waals surface area contributed by atoms with Crippen molar-refractivity contribution in [2.45, 2.75) is 44.2 Å². The minimum atomic E-state index is -0.532. The topological polar surface area (TPSA) is 65.7 Å². The van der Waals surface area contributed by atoms with Crippen LogP contribution in [0, 0.1) is 5.92 Å². The van der Waals surface area contributed by atoms with Crippen molar-refractivity contribution in [1.29, 1.82) is 0 Å². The molecule has 20 heavy (non-hydrogen) atoms. The first kappa shape index (κ1) is 13.5. The van der Waals surface area contributed by atoms with E-state index >= 15 is 0 Å². The van der Waals surface area contributed by atoms with Gasteiger partial charge in [0, 0.05) is 19.0 Å². The van der Waals surface area contributed by atoms with Crippen LogP contribution < -0.4 is 5.32 Å². The van der Waals surface area contributed by atoms with E-state index in [0.29, 0.717) is 26.1 Å². The highest BCUT2D eigenvalue weighted by molar-refractivity contribution is 5.74. The molecule has 0 bridgehead atoms. The van der Waals surface area contributed by atoms with Crippen molar-refractivity contribution >= 4 is 6.03 Å². The Bertz CT molecular complexity index is 460. The SMILES string of the molecule is O=C(NCc1ccco1)N1CC[C@@]2(O)CCCC[C@H]2C1. The number of aliphatic hydroxyl groups is 1. The van der Waals surface area contributed by atoms with E-state index in [9.17, 15) is 9.90 Å². The van der Waals surface area contributed by atoms with Gasteiger partial charge in [-0.25, -0.2) is 4.79 Å². The minimum Gasteiger partial charge on any atom is -0.467 e. The average Bonchev–Trinajstić information content (AvgIpc) is 2.97. The first-order valence-electron chi connectivity index (χ1n) is 7.45. The number of likely N-dealkylation sites (tertiary alicyclic amines) is 1. The summed E-state index contributed by atoms with van der Waals surface area (Å²) in [4.78, 5) is 14.0. The lowest BCUT2D eigenvalue weighted by Crippen LogP contribution is -2.56. The zero-order chi connectivity index (χ0) is 14.0. The van der Waals surface area contributed by atoms with Gasteiger partial charge in [0.2, 0.25) is 0 Å². The van der Waals surface area contributed by atoms with Crippen LogP contribution in [0.3, 0.4) is 0 Å². The molecule has 1 aromatic rings. The third kappa shape index (κ3) is 2.68. The van der Waals surface area contributed by atoms with Gasteiger partial charge in [0.05, 0.1) is 18.4 Å². The van der Waals surface area contributed by atoms with E-state index in [4.69, 9.17) is 4.42 Å². The lowest BCUT2D eigenvalue weighted by molar-refractivity contribution is -0.0871. The molecule has 5 nitrogen and oxygen atoms in total. The van der Waals surface area contributed by atoms with Gasteiger partial charge in [0.25, 0.3) is 0 Å². The summed E-state index contributed by atoms with van der Waals surface area (Å²) < 4.78 is 5.20. The normalized spacial score (nSPS) is 29.9. The highest BCUT2D eigenvalue weighted by atomic mass is 16.3. The number of nitrogens with zero attached hydrogens (tertiary/aromatic N) is 1. The molecule has 1 saturated carbocycles. The van der Waals surface area contributed by atoms with Gasteiger partial charge >= 0.3 is 6.03 Å². The largest absolute Gasteiger partial charge is 0.467 e. The summed E-state index contributed by atoms with van der Waals surface area (Å²) in [7, 11) is 0. The first-order chi connectivity index (χ1) is 9.67. The second-order valence-corrected chi connectivity index (χ2v) is 5.98. The summed E-state index contributed by atoms with van der Waals surface area (Å²) in [5.41, 5.74) is -0.532. The Morgan fingerprint density at radius 1 is 1.50 bits per heavy atom. The number of hydrogen-bond donors (Lipinski definition) is 2. The Hall–Kier alpha value is -1.49. The maximum Gasteiger partial charge on any atom is 0.317 e. The number of hydrogen-bond acceptors (Lipinski definition) is 3. The molecule has 110 valence electrons. The van der Waals surface area contributed by atoms with Crippen molar-refractivity contribution in [3.63, 3.8) is 0 Å². The van der Waals surface area contributed by atoms with E-state index < -0.39 is 5.60 Å². The summed E-state index contributed by atoms with van der Waals surface area (Å²) in [6, 6.07) is 3.59. The van der Waals surface area contributed by atoms with Gasteiger partial charge in [-0.05, 0) is 31.4 Å². The minimum absolute atomic E-state index is 0.0611. The van der Waals surface area contributed by atoms with Gasteiger partial charge < -0.3 is 19.7 Å². The van der Waals surface area contributed by atoms with E-state index in [0.717, 1.165) is 31.4 Å². The van der Waals surface area contributed by atoms with E-state index in [2.05, 4.69) is 5.32 Å². The third-order valence-corrected chi connectivity index (χ3v) is 4.71. The number of carbonyl (C=O) groups excluding carboxylic acids is 1. The van der Waals surface area contributed by atoms with Gasteiger partial charge in [-0.3, -0.25) is 0 Å². The van der Waals surface area contributed by atoms with Gasteiger partial charge in [0.1, 0.15) is 5.76 Å². The molecule has 2 atom stereocenters. The van der Waals surface area contributed by atoms with Crippen molar-refractivity contribution in [2.75, 3.05) is 13.1 Å². The highest BCUT2D eigenvalue weighted by Crippen LogP contribution is 2.39. The van der Waals surface area contributed by atoms with Crippen LogP contribution in [-0.4, -0.2) is 34.7 Å². The van der Waals surface area contributed by atoms with Crippen molar-refractivity contribution in [3.8, 4) is 0 Å². The lowest BCUT2D eigenvalue weighted by atomic mass is 9.71. The summed E-state index contributed by atoms with van der Waals surface area (Å²) in [6.45, 7) is 1.72. The van der Waals surface area contributed by atoms with E-state index in [1.54, 1.807) is 6.26 Å². The number of furan rings is 1. The fourth-order valence-corrected chi connectivity index (χ4v) is 3.44. The molecule has 0 spiro atoms. The Balaban J connectivity index is 1.54. The van der Waals surface area contributed by atoms with E-state index in [-0.39, 0.29) is 11.9 Å². The van der Waals surface area contributed by atoms with Crippen LogP contribution in [0.4, 0.5) is 4.79 Å². The standard InChI is InChI=1S/C15H22N2O3/c18-14(16-10-13-5-3-9-20-13)17-8-7-15(19)6-2-1-4-12(15)11-17/h3,5,9,12,19H,1-2,4,6-8,10-11H2,(H,16,18)/t12-,15-/m0/s1. The molecule has 5 heteroatoms. The fourth-order valence-electron chi connectivity index (χ4n) is 3.44. The van der Waals surface area contributed by atoms with Gasteiger partial charge in [-0.15, -0.1) is 0 Å². The number of amides is 2. The van der Waals surface area contributed by atoms with Crippen LogP contribution in [0.2, 0.25) is 0 Å². The molecule has 1 saturated heterocycles. The average molecular weight is 278 g/mol. The lowest BCUT2D eigenvalue weighted by Gasteiger charge is -2.47. The quantitative estimate of drug-likeness (QED) is 0.871. The summed E-state index contributed by atoms with van der Waals surface area (Å²) >= 11 is 0. The molecule has 1 aliphatic heterocycles. The monoisotopic (exact) mass is 278 g/mol. The molecule has 3 rings (SSSR count). The third-order valence-electron chi connectivity index (χ3n) is 4.71. The van der Waals surface area contributed by atoms with E-state index in [1.165, 1.54) is 0 Å². The summed E-state index contributed by atoms with van der Waals surface area (Å²) in [5.74, 6) is 0.990. The maximum atomic E-state index is 12.2. The zero-order valence-electron chi connectivity index (χ0n) is 11.7. The number of piperidine rings is 1. The predicted octanol–water partition coefficient (Wildman–Crippen LogP) is 2.12. The molecule has 1 aliphatic carbocycles. The molecular formula is C15H22N2O3. The van der Waals surface area contributed by atoms with Crippen LogP contribution in [0.1, 0.15) is 37.9 Å². The first-order valence-corrected chi connectivity index (χ1v) is 7.45. The molecule has 0 unspecified atom stereocenters. The molecule has 2 fully saturated rings. The number of nitrogens with one attached hydrogen (secondary N) is 1. The van der Waals surface area contributed by atoms with Crippen LogP contribution in [0.25, 0.3) is 0 Å². The van der Waals surface area contributed by atoms with Gasteiger partial charge in [0.15, 0.2) is 0 Å². The van der Waals surface area contributed by atoms with Crippen molar-refractivity contribution in [2.24, 2.45) is 5.92 Å². The molecule has 0 radical (unpaired) electrons. The Morgan fingerprint density at radius 3 is 3.20 bits per heavy atom. The summed E-state index contributed by atoms with van der Waals surface area (Å²) in [6.07, 6.45) is 6.49. The smallest absolute Gasteiger partial charge is 0.317 e. The van der Waals surface area contributed by atoms with E-state index in [1.807, 2.05) is 17.0 Å². The molecule has 1 aromatic heterocycles.